The zero-order chi connectivity index (χ0) is 23.3. The van der Waals surface area contributed by atoms with E-state index < -0.39 is 11.7 Å². The molecule has 3 heteroatoms. The van der Waals surface area contributed by atoms with E-state index >= 15 is 0 Å². The first-order valence-corrected chi connectivity index (χ1v) is 13.7. The molecule has 0 bridgehead atoms. The van der Waals surface area contributed by atoms with Gasteiger partial charge in [0.15, 0.2) is 0 Å². The first-order valence-electron chi connectivity index (χ1n) is 13.7. The third-order valence-electron chi connectivity index (χ3n) is 12.3. The second kappa shape index (κ2) is 7.31. The maximum atomic E-state index is 11.6. The van der Waals surface area contributed by atoms with Gasteiger partial charge in [0, 0.05) is 5.41 Å². The van der Waals surface area contributed by atoms with Crippen LogP contribution in [0.15, 0.2) is 11.6 Å². The fraction of sp³-hybridized carbons (Fsp3) is 0.931. The van der Waals surface area contributed by atoms with E-state index in [1.165, 1.54) is 25.7 Å². The number of allylic oxidation sites excluding steroid dienone is 1. The summed E-state index contributed by atoms with van der Waals surface area (Å²) in [7, 11) is 0. The minimum absolute atomic E-state index is 0.133. The van der Waals surface area contributed by atoms with Crippen LogP contribution in [0.2, 0.25) is 0 Å². The predicted octanol–water partition coefficient (Wildman–Crippen LogP) is 6.13. The zero-order valence-corrected chi connectivity index (χ0v) is 21.7. The van der Waals surface area contributed by atoms with E-state index in [4.69, 9.17) is 4.74 Å². The average Bonchev–Trinajstić information content (AvgIpc) is 3.27. The van der Waals surface area contributed by atoms with Gasteiger partial charge in [0.1, 0.15) is 11.2 Å². The van der Waals surface area contributed by atoms with Gasteiger partial charge in [0.2, 0.25) is 0 Å². The van der Waals surface area contributed by atoms with Crippen LogP contribution in [0.5, 0.6) is 0 Å². The van der Waals surface area contributed by atoms with Crippen LogP contribution in [-0.2, 0) is 4.74 Å². The van der Waals surface area contributed by atoms with E-state index in [-0.39, 0.29) is 28.5 Å². The molecule has 0 aromatic carbocycles. The molecule has 11 atom stereocenters. The lowest BCUT2D eigenvalue weighted by molar-refractivity contribution is -0.0568. The first kappa shape index (κ1) is 23.4. The van der Waals surface area contributed by atoms with Crippen LogP contribution in [0.3, 0.4) is 0 Å². The molecule has 1 aliphatic heterocycles. The van der Waals surface area contributed by atoms with Crippen LogP contribution >= 0.6 is 0 Å². The summed E-state index contributed by atoms with van der Waals surface area (Å²) in [5.74, 6) is 3.46. The van der Waals surface area contributed by atoms with E-state index in [1.54, 1.807) is 5.57 Å². The Bertz CT molecular complexity index is 789. The maximum absolute atomic E-state index is 11.6. The molecule has 0 aromatic heterocycles. The number of hydrogen-bond donors (Lipinski definition) is 2. The zero-order valence-electron chi connectivity index (χ0n) is 21.7. The van der Waals surface area contributed by atoms with Crippen molar-refractivity contribution in [3.8, 4) is 0 Å². The fourth-order valence-corrected chi connectivity index (χ4v) is 9.65. The molecule has 5 rings (SSSR count). The number of aliphatic hydroxyl groups excluding tert-OH is 2. The summed E-state index contributed by atoms with van der Waals surface area (Å²) in [5.41, 5.74) is 1.45. The van der Waals surface area contributed by atoms with E-state index in [1.807, 2.05) is 0 Å². The van der Waals surface area contributed by atoms with E-state index in [2.05, 4.69) is 54.5 Å². The molecular formula is C29H48O3. The molecule has 0 amide bonds. The third kappa shape index (κ3) is 2.83. The van der Waals surface area contributed by atoms with Crippen molar-refractivity contribution in [3.05, 3.63) is 11.6 Å². The molecule has 0 unspecified atom stereocenters. The lowest BCUT2D eigenvalue weighted by atomic mass is 9.46. The first-order chi connectivity index (χ1) is 14.9. The summed E-state index contributed by atoms with van der Waals surface area (Å²) in [6.45, 7) is 16.3. The van der Waals surface area contributed by atoms with Crippen LogP contribution < -0.4 is 0 Å². The maximum Gasteiger partial charge on any atom is 0.122 e. The van der Waals surface area contributed by atoms with Crippen LogP contribution in [0.4, 0.5) is 0 Å². The monoisotopic (exact) mass is 444 g/mol. The molecule has 3 nitrogen and oxygen atoms in total. The normalized spacial score (nSPS) is 52.6. The van der Waals surface area contributed by atoms with Gasteiger partial charge in [-0.15, -0.1) is 0 Å². The van der Waals surface area contributed by atoms with Crippen molar-refractivity contribution in [3.63, 3.8) is 0 Å². The average molecular weight is 445 g/mol. The highest BCUT2D eigenvalue weighted by atomic mass is 16.6. The second-order valence-corrected chi connectivity index (χ2v) is 13.6. The lowest BCUT2D eigenvalue weighted by Crippen LogP contribution is -2.54. The highest BCUT2D eigenvalue weighted by molar-refractivity contribution is 5.32. The van der Waals surface area contributed by atoms with Crippen LogP contribution in [0, 0.1) is 46.3 Å². The van der Waals surface area contributed by atoms with E-state index in [9.17, 15) is 10.2 Å². The molecule has 1 spiro atoms. The minimum atomic E-state index is -0.402. The molecule has 5 aliphatic rings. The Morgan fingerprint density at radius 2 is 1.62 bits per heavy atom. The van der Waals surface area contributed by atoms with Crippen LogP contribution in [0.1, 0.15) is 99.8 Å². The number of ether oxygens (including phenoxy) is 1. The molecule has 0 aromatic rings. The van der Waals surface area contributed by atoms with E-state index in [0.717, 1.165) is 37.5 Å². The predicted molar refractivity (Wildman–Crippen MR) is 129 cm³/mol. The molecule has 4 aliphatic carbocycles. The van der Waals surface area contributed by atoms with Crippen LogP contribution in [-0.4, -0.2) is 33.6 Å². The number of rotatable bonds is 4. The Kier molecular flexibility index (Phi) is 5.34. The summed E-state index contributed by atoms with van der Waals surface area (Å²) in [5, 5.41) is 21.8. The van der Waals surface area contributed by atoms with Crippen molar-refractivity contribution in [1.82, 2.24) is 0 Å². The Hall–Kier alpha value is -0.380. The Morgan fingerprint density at radius 3 is 2.31 bits per heavy atom. The number of hydrogen-bond acceptors (Lipinski definition) is 3. The van der Waals surface area contributed by atoms with Crippen molar-refractivity contribution in [2.75, 3.05) is 0 Å². The number of fused-ring (bicyclic) bond motifs is 6. The summed E-state index contributed by atoms with van der Waals surface area (Å²) in [6.07, 6.45) is 11.0. The molecular weight excluding hydrogens is 396 g/mol. The van der Waals surface area contributed by atoms with Gasteiger partial charge in [0.05, 0.1) is 12.2 Å². The molecule has 182 valence electrons. The quantitative estimate of drug-likeness (QED) is 0.405. The Balaban J connectivity index is 1.41. The topological polar surface area (TPSA) is 53.0 Å². The van der Waals surface area contributed by atoms with Crippen molar-refractivity contribution in [2.24, 2.45) is 46.3 Å². The SMILES string of the molecule is CC(C)[C@@H](C)[C@H](C)[C@@H](O)[C@]1(C)O[C@]12CC[C@H]1[C@@H]3CC=C4C[C@@H](O)CC[C@]4(C)[C@H]3CC[C@@]12C. The van der Waals surface area contributed by atoms with Crippen molar-refractivity contribution < 1.29 is 14.9 Å². The van der Waals surface area contributed by atoms with Gasteiger partial charge in [-0.2, -0.15) is 0 Å². The summed E-state index contributed by atoms with van der Waals surface area (Å²) in [4.78, 5) is 0. The second-order valence-electron chi connectivity index (χ2n) is 13.6. The molecule has 1 heterocycles. The smallest absolute Gasteiger partial charge is 0.122 e. The Labute approximate surface area is 196 Å². The van der Waals surface area contributed by atoms with E-state index in [0.29, 0.717) is 17.8 Å². The van der Waals surface area contributed by atoms with Gasteiger partial charge < -0.3 is 14.9 Å². The molecule has 2 N–H and O–H groups in total. The van der Waals surface area contributed by atoms with Gasteiger partial charge in [0.25, 0.3) is 0 Å². The van der Waals surface area contributed by atoms with Gasteiger partial charge in [-0.3, -0.25) is 0 Å². The van der Waals surface area contributed by atoms with Gasteiger partial charge in [-0.05, 0) is 99.2 Å². The van der Waals surface area contributed by atoms with Gasteiger partial charge >= 0.3 is 0 Å². The summed E-state index contributed by atoms with van der Waals surface area (Å²) in [6, 6.07) is 0. The molecule has 4 fully saturated rings. The largest absolute Gasteiger partial charge is 0.393 e. The molecule has 1 saturated heterocycles. The van der Waals surface area contributed by atoms with Crippen molar-refractivity contribution in [2.45, 2.75) is 123 Å². The highest BCUT2D eigenvalue weighted by Gasteiger charge is 2.81. The van der Waals surface area contributed by atoms with Crippen molar-refractivity contribution in [1.29, 1.82) is 0 Å². The highest BCUT2D eigenvalue weighted by Crippen LogP contribution is 2.76. The Morgan fingerprint density at radius 1 is 0.938 bits per heavy atom. The number of aliphatic hydroxyl groups is 2. The standard InChI is InChI=1S/C29H48O3/c1-17(2)18(3)19(4)25(31)28(7)29(32-28)15-12-24-22-9-8-20-16-21(30)10-13-26(20,5)23(22)11-14-27(24,29)6/h8,17-19,21-25,30-31H,9-16H2,1-7H3/t18-,19+,21+,22-,23+,24+,25-,26+,27+,28+,29+/m1/s1. The van der Waals surface area contributed by atoms with Gasteiger partial charge in [-0.1, -0.05) is 53.2 Å². The fourth-order valence-electron chi connectivity index (χ4n) is 9.65. The van der Waals surface area contributed by atoms with Crippen LogP contribution in [0.25, 0.3) is 0 Å². The van der Waals surface area contributed by atoms with Gasteiger partial charge in [-0.25, -0.2) is 0 Å². The number of epoxide rings is 1. The minimum Gasteiger partial charge on any atom is -0.393 e. The lowest BCUT2D eigenvalue weighted by Gasteiger charge is -2.58. The summed E-state index contributed by atoms with van der Waals surface area (Å²) >= 11 is 0. The molecule has 0 radical (unpaired) electrons. The van der Waals surface area contributed by atoms with Crippen molar-refractivity contribution >= 4 is 0 Å². The summed E-state index contributed by atoms with van der Waals surface area (Å²) < 4.78 is 6.77. The molecule has 32 heavy (non-hydrogen) atoms. The molecule has 3 saturated carbocycles. The third-order valence-corrected chi connectivity index (χ3v) is 12.3.